The maximum atomic E-state index is 12.9. The van der Waals surface area contributed by atoms with Crippen molar-refractivity contribution in [3.8, 4) is 0 Å². The van der Waals surface area contributed by atoms with Gasteiger partial charge >= 0.3 is 11.9 Å². The summed E-state index contributed by atoms with van der Waals surface area (Å²) in [5.74, 6) is -2.97. The number of hydrogen-bond acceptors (Lipinski definition) is 8. The van der Waals surface area contributed by atoms with Crippen LogP contribution >= 0.6 is 0 Å². The highest BCUT2D eigenvalue weighted by molar-refractivity contribution is 6.07. The maximum Gasteiger partial charge on any atom is 0.336 e. The van der Waals surface area contributed by atoms with Crippen molar-refractivity contribution in [1.82, 2.24) is 0 Å². The lowest BCUT2D eigenvalue weighted by Gasteiger charge is -2.31. The molecule has 2 rings (SSSR count). The van der Waals surface area contributed by atoms with Gasteiger partial charge in [-0.15, -0.1) is 0 Å². The van der Waals surface area contributed by atoms with Crippen molar-refractivity contribution >= 4 is 23.3 Å². The normalized spacial score (nSPS) is 18.8. The first-order chi connectivity index (χ1) is 14.2. The first-order valence-electron chi connectivity index (χ1n) is 9.54. The Balaban J connectivity index is 2.59. The van der Waals surface area contributed by atoms with Gasteiger partial charge in [0.25, 0.3) is 5.69 Å². The molecule has 9 nitrogen and oxygen atoms in total. The lowest BCUT2D eigenvalue weighted by atomic mass is 9.75. The molecule has 0 fully saturated rings. The van der Waals surface area contributed by atoms with Crippen LogP contribution in [0.3, 0.4) is 0 Å². The third-order valence-corrected chi connectivity index (χ3v) is 4.62. The van der Waals surface area contributed by atoms with Gasteiger partial charge in [0.05, 0.1) is 23.2 Å². The third kappa shape index (κ3) is 5.29. The monoisotopic (exact) mass is 418 g/mol. The number of benzene rings is 1. The lowest BCUT2D eigenvalue weighted by molar-refractivity contribution is -0.384. The molecule has 0 saturated heterocycles. The molecule has 0 saturated carbocycles. The van der Waals surface area contributed by atoms with E-state index in [0.29, 0.717) is 17.0 Å². The number of non-ortho nitro benzene ring substituents is 1. The number of allylic oxidation sites excluding steroid dienone is 1. The van der Waals surface area contributed by atoms with E-state index < -0.39 is 28.7 Å². The Labute approximate surface area is 174 Å². The van der Waals surface area contributed by atoms with Crippen molar-refractivity contribution < 1.29 is 28.7 Å². The van der Waals surface area contributed by atoms with E-state index in [1.807, 2.05) is 0 Å². The van der Waals surface area contributed by atoms with Crippen molar-refractivity contribution in [2.45, 2.75) is 39.7 Å². The smallest absolute Gasteiger partial charge is 0.336 e. The van der Waals surface area contributed by atoms with Crippen LogP contribution in [0.5, 0.6) is 0 Å². The highest BCUT2D eigenvalue weighted by atomic mass is 16.6. The minimum absolute atomic E-state index is 0.0369. The largest absolute Gasteiger partial charge is 0.463 e. The van der Waals surface area contributed by atoms with E-state index in [0.717, 1.165) is 0 Å². The molecular formula is C21H26N2O7. The fraction of sp³-hybridized carbons (Fsp3) is 0.476. The van der Waals surface area contributed by atoms with Crippen LogP contribution in [0.25, 0.3) is 0 Å². The number of hydrogen-bond donors (Lipinski definition) is 0. The summed E-state index contributed by atoms with van der Waals surface area (Å²) in [5, 5.41) is 11.3. The van der Waals surface area contributed by atoms with E-state index >= 15 is 0 Å². The van der Waals surface area contributed by atoms with E-state index in [1.54, 1.807) is 33.8 Å². The molecule has 1 aromatic rings. The van der Waals surface area contributed by atoms with Gasteiger partial charge < -0.3 is 14.2 Å². The Morgan fingerprint density at radius 1 is 1.23 bits per heavy atom. The third-order valence-electron chi connectivity index (χ3n) is 4.62. The average molecular weight is 418 g/mol. The predicted octanol–water partition coefficient (Wildman–Crippen LogP) is 3.18. The number of nitrogens with zero attached hydrogens (tertiary/aromatic N) is 2. The second-order valence-corrected chi connectivity index (χ2v) is 7.17. The van der Waals surface area contributed by atoms with Crippen LogP contribution in [0.4, 0.5) is 5.69 Å². The molecule has 0 aliphatic carbocycles. The number of methoxy groups -OCH3 is 1. The number of esters is 2. The van der Waals surface area contributed by atoms with Gasteiger partial charge in [-0.1, -0.05) is 12.1 Å². The van der Waals surface area contributed by atoms with Gasteiger partial charge in [0.15, 0.2) is 0 Å². The van der Waals surface area contributed by atoms with Gasteiger partial charge in [-0.3, -0.25) is 19.9 Å². The molecule has 0 N–H and O–H groups in total. The topological polar surface area (TPSA) is 117 Å². The molecule has 2 atom stereocenters. The van der Waals surface area contributed by atoms with Crippen LogP contribution in [0.2, 0.25) is 0 Å². The quantitative estimate of drug-likeness (QED) is 0.275. The summed E-state index contributed by atoms with van der Waals surface area (Å²) in [4.78, 5) is 41.0. The molecule has 0 spiro atoms. The van der Waals surface area contributed by atoms with Crippen LogP contribution in [-0.2, 0) is 23.8 Å². The first kappa shape index (κ1) is 23.2. The summed E-state index contributed by atoms with van der Waals surface area (Å²) in [5.41, 5.74) is 1.32. The Hall–Kier alpha value is -3.07. The number of nitro benzene ring substituents is 1. The fourth-order valence-electron chi connectivity index (χ4n) is 3.39. The lowest BCUT2D eigenvalue weighted by Crippen LogP contribution is -2.37. The van der Waals surface area contributed by atoms with Crippen LogP contribution in [0, 0.1) is 16.0 Å². The summed E-state index contributed by atoms with van der Waals surface area (Å²) >= 11 is 0. The molecule has 1 heterocycles. The molecule has 30 heavy (non-hydrogen) atoms. The molecule has 1 aromatic carbocycles. The van der Waals surface area contributed by atoms with Gasteiger partial charge in [-0.2, -0.15) is 0 Å². The summed E-state index contributed by atoms with van der Waals surface area (Å²) in [6, 6.07) is 5.86. The van der Waals surface area contributed by atoms with Crippen molar-refractivity contribution in [1.29, 1.82) is 0 Å². The zero-order valence-corrected chi connectivity index (χ0v) is 17.7. The minimum Gasteiger partial charge on any atom is -0.463 e. The van der Waals surface area contributed by atoms with Crippen molar-refractivity contribution in [3.05, 3.63) is 51.2 Å². The zero-order chi connectivity index (χ0) is 22.4. The second kappa shape index (κ2) is 10.1. The molecule has 0 amide bonds. The standard InChI is InChI=1S/C21H26N2O7/c1-12(2)30-21(25)18-14(4)22-13(3)17(20(24)29-10-9-28-5)19(18)15-7-6-8-16(11-15)23(26)27/h6-8,11-12,17,19H,9-10H2,1-5H3/t17?,19-/m0/s1. The zero-order valence-electron chi connectivity index (χ0n) is 17.7. The number of aliphatic imine (C=N–C) groups is 1. The number of ether oxygens (including phenoxy) is 3. The number of nitro groups is 1. The summed E-state index contributed by atoms with van der Waals surface area (Å²) in [6.45, 7) is 6.99. The molecule has 1 unspecified atom stereocenters. The van der Waals surface area contributed by atoms with Crippen molar-refractivity contribution in [3.63, 3.8) is 0 Å². The highest BCUT2D eigenvalue weighted by Crippen LogP contribution is 2.41. The van der Waals surface area contributed by atoms with Gasteiger partial charge in [0.2, 0.25) is 0 Å². The number of carbonyl (C=O) groups is 2. The first-order valence-corrected chi connectivity index (χ1v) is 9.54. The van der Waals surface area contributed by atoms with E-state index in [-0.39, 0.29) is 30.6 Å². The molecule has 1 aliphatic rings. The van der Waals surface area contributed by atoms with E-state index in [1.165, 1.54) is 25.3 Å². The van der Waals surface area contributed by atoms with Gasteiger partial charge in [0.1, 0.15) is 12.5 Å². The molecule has 0 aromatic heterocycles. The van der Waals surface area contributed by atoms with Gasteiger partial charge in [-0.25, -0.2) is 4.79 Å². The summed E-state index contributed by atoms with van der Waals surface area (Å²) < 4.78 is 15.6. The number of carbonyl (C=O) groups excluding carboxylic acids is 2. The Morgan fingerprint density at radius 3 is 2.53 bits per heavy atom. The van der Waals surface area contributed by atoms with Gasteiger partial charge in [0, 0.05) is 36.6 Å². The summed E-state index contributed by atoms with van der Waals surface area (Å²) in [6.07, 6.45) is -0.386. The van der Waals surface area contributed by atoms with Crippen molar-refractivity contribution in [2.75, 3.05) is 20.3 Å². The van der Waals surface area contributed by atoms with Gasteiger partial charge in [-0.05, 0) is 33.3 Å². The molecule has 0 bridgehead atoms. The van der Waals surface area contributed by atoms with E-state index in [2.05, 4.69) is 4.99 Å². The summed E-state index contributed by atoms with van der Waals surface area (Å²) in [7, 11) is 1.49. The van der Waals surface area contributed by atoms with Crippen molar-refractivity contribution in [2.24, 2.45) is 10.9 Å². The second-order valence-electron chi connectivity index (χ2n) is 7.17. The fourth-order valence-corrected chi connectivity index (χ4v) is 3.39. The average Bonchev–Trinajstić information content (AvgIpc) is 2.66. The molecule has 162 valence electrons. The Morgan fingerprint density at radius 2 is 1.93 bits per heavy atom. The molecule has 1 aliphatic heterocycles. The van der Waals surface area contributed by atoms with Crippen LogP contribution in [0.1, 0.15) is 39.2 Å². The SMILES string of the molecule is COCCOC(=O)C1C(C)=NC(C)=C(C(=O)OC(C)C)[C@H]1c1cccc([N+](=O)[O-])c1. The molecule has 0 radical (unpaired) electrons. The van der Waals surface area contributed by atoms with Crippen LogP contribution in [-0.4, -0.2) is 49.0 Å². The van der Waals surface area contributed by atoms with Crippen LogP contribution < -0.4 is 0 Å². The maximum absolute atomic E-state index is 12.9. The Bertz CT molecular complexity index is 889. The Kier molecular flexibility index (Phi) is 7.82. The highest BCUT2D eigenvalue weighted by Gasteiger charge is 2.43. The number of rotatable bonds is 8. The van der Waals surface area contributed by atoms with E-state index in [9.17, 15) is 19.7 Å². The van der Waals surface area contributed by atoms with E-state index in [4.69, 9.17) is 14.2 Å². The molecular weight excluding hydrogens is 392 g/mol. The predicted molar refractivity (Wildman–Crippen MR) is 109 cm³/mol. The molecule has 9 heteroatoms. The van der Waals surface area contributed by atoms with Crippen LogP contribution in [0.15, 0.2) is 40.5 Å². The minimum atomic E-state index is -0.928.